The van der Waals surface area contributed by atoms with Crippen molar-refractivity contribution < 1.29 is 18.3 Å². The fourth-order valence-electron chi connectivity index (χ4n) is 1.28. The van der Waals surface area contributed by atoms with E-state index in [1.165, 1.54) is 13.2 Å². The van der Waals surface area contributed by atoms with E-state index in [9.17, 15) is 13.6 Å². The summed E-state index contributed by atoms with van der Waals surface area (Å²) in [5, 5.41) is 8.87. The standard InChI is InChI=1S/C11H8BrF2NO2/c1-17-10(16)4-8-7(5-15)2-6(11(13)14)3-9(8)12/h2-3,11H,4H2,1H3. The second-order valence-corrected chi connectivity index (χ2v) is 4.05. The number of hydrogen-bond donors (Lipinski definition) is 0. The van der Waals surface area contributed by atoms with Crippen LogP contribution in [0.4, 0.5) is 8.78 Å². The largest absolute Gasteiger partial charge is 0.469 e. The molecule has 17 heavy (non-hydrogen) atoms. The SMILES string of the molecule is COC(=O)Cc1c(Br)cc(C(F)F)cc1C#N. The number of alkyl halides is 2. The highest BCUT2D eigenvalue weighted by Gasteiger charge is 2.16. The van der Waals surface area contributed by atoms with Gasteiger partial charge in [-0.25, -0.2) is 8.78 Å². The molecular formula is C11H8BrF2NO2. The Labute approximate surface area is 105 Å². The Morgan fingerprint density at radius 1 is 1.59 bits per heavy atom. The quantitative estimate of drug-likeness (QED) is 0.807. The maximum atomic E-state index is 12.5. The summed E-state index contributed by atoms with van der Waals surface area (Å²) in [7, 11) is 1.22. The second kappa shape index (κ2) is 5.73. The van der Waals surface area contributed by atoms with Crippen LogP contribution in [0.25, 0.3) is 0 Å². The van der Waals surface area contributed by atoms with Crippen LogP contribution in [0.1, 0.15) is 23.1 Å². The number of carbonyl (C=O) groups excluding carboxylic acids is 1. The maximum Gasteiger partial charge on any atom is 0.310 e. The van der Waals surface area contributed by atoms with Gasteiger partial charge in [0.15, 0.2) is 0 Å². The molecule has 0 atom stereocenters. The summed E-state index contributed by atoms with van der Waals surface area (Å²) in [5.41, 5.74) is 0.130. The number of benzene rings is 1. The third-order valence-electron chi connectivity index (χ3n) is 2.14. The van der Waals surface area contributed by atoms with Crippen molar-refractivity contribution in [1.29, 1.82) is 5.26 Å². The first-order valence-electron chi connectivity index (χ1n) is 4.57. The molecule has 0 aliphatic carbocycles. The van der Waals surface area contributed by atoms with Crippen molar-refractivity contribution in [2.75, 3.05) is 7.11 Å². The molecule has 3 nitrogen and oxygen atoms in total. The summed E-state index contributed by atoms with van der Waals surface area (Å²) in [6.07, 6.45) is -2.80. The lowest BCUT2D eigenvalue weighted by Crippen LogP contribution is -2.07. The molecule has 1 aromatic carbocycles. The lowest BCUT2D eigenvalue weighted by molar-refractivity contribution is -0.139. The Balaban J connectivity index is 3.22. The van der Waals surface area contributed by atoms with Crippen molar-refractivity contribution in [3.8, 4) is 6.07 Å². The van der Waals surface area contributed by atoms with Crippen LogP contribution in [0.3, 0.4) is 0 Å². The van der Waals surface area contributed by atoms with Gasteiger partial charge in [0.2, 0.25) is 0 Å². The molecule has 0 aliphatic heterocycles. The summed E-state index contributed by atoms with van der Waals surface area (Å²) < 4.78 is 29.8. The van der Waals surface area contributed by atoms with Gasteiger partial charge in [0.1, 0.15) is 0 Å². The summed E-state index contributed by atoms with van der Waals surface area (Å²) in [6.45, 7) is 0. The Kier molecular flexibility index (Phi) is 4.58. The van der Waals surface area contributed by atoms with Crippen LogP contribution >= 0.6 is 15.9 Å². The molecule has 0 saturated heterocycles. The molecule has 0 amide bonds. The first-order valence-corrected chi connectivity index (χ1v) is 5.36. The van der Waals surface area contributed by atoms with Gasteiger partial charge in [-0.15, -0.1) is 0 Å². The van der Waals surface area contributed by atoms with Gasteiger partial charge in [-0.2, -0.15) is 5.26 Å². The average molecular weight is 304 g/mol. The summed E-state index contributed by atoms with van der Waals surface area (Å²) in [5.74, 6) is -0.535. The molecule has 0 aliphatic rings. The third-order valence-corrected chi connectivity index (χ3v) is 2.85. The topological polar surface area (TPSA) is 50.1 Å². The minimum Gasteiger partial charge on any atom is -0.469 e. The minimum absolute atomic E-state index is 0.0417. The first-order chi connectivity index (χ1) is 7.99. The predicted octanol–water partition coefficient (Wildman–Crippen LogP) is 2.97. The molecule has 6 heteroatoms. The van der Waals surface area contributed by atoms with Crippen LogP contribution < -0.4 is 0 Å². The molecular weight excluding hydrogens is 296 g/mol. The highest BCUT2D eigenvalue weighted by molar-refractivity contribution is 9.10. The Bertz CT molecular complexity index is 483. The van der Waals surface area contributed by atoms with E-state index in [0.29, 0.717) is 10.0 Å². The van der Waals surface area contributed by atoms with Crippen LogP contribution in [0.2, 0.25) is 0 Å². The fraction of sp³-hybridized carbons (Fsp3) is 0.273. The minimum atomic E-state index is -2.66. The highest BCUT2D eigenvalue weighted by Crippen LogP contribution is 2.28. The summed E-state index contributed by atoms with van der Waals surface area (Å²) >= 11 is 3.07. The molecule has 0 aromatic heterocycles. The number of methoxy groups -OCH3 is 1. The Morgan fingerprint density at radius 3 is 2.71 bits per heavy atom. The number of esters is 1. The summed E-state index contributed by atoms with van der Waals surface area (Å²) in [6, 6.07) is 4.07. The fourth-order valence-corrected chi connectivity index (χ4v) is 1.90. The third kappa shape index (κ3) is 3.24. The molecule has 0 fully saturated rings. The van der Waals surface area contributed by atoms with Crippen LogP contribution in [0.5, 0.6) is 0 Å². The van der Waals surface area contributed by atoms with E-state index in [-0.39, 0.29) is 17.5 Å². The average Bonchev–Trinajstić information content (AvgIpc) is 2.30. The number of hydrogen-bond acceptors (Lipinski definition) is 3. The number of nitrogens with zero attached hydrogens (tertiary/aromatic N) is 1. The number of carbonyl (C=O) groups is 1. The molecule has 0 heterocycles. The van der Waals surface area contributed by atoms with Crippen molar-refractivity contribution in [2.24, 2.45) is 0 Å². The van der Waals surface area contributed by atoms with Gasteiger partial charge in [-0.3, -0.25) is 4.79 Å². The molecule has 0 bridgehead atoms. The van der Waals surface area contributed by atoms with Crippen LogP contribution in [-0.4, -0.2) is 13.1 Å². The van der Waals surface area contributed by atoms with Gasteiger partial charge in [0.05, 0.1) is 25.2 Å². The van der Waals surface area contributed by atoms with Gasteiger partial charge in [0.25, 0.3) is 6.43 Å². The monoisotopic (exact) mass is 303 g/mol. The van der Waals surface area contributed by atoms with Crippen molar-refractivity contribution in [3.63, 3.8) is 0 Å². The highest BCUT2D eigenvalue weighted by atomic mass is 79.9. The zero-order valence-electron chi connectivity index (χ0n) is 8.84. The number of halogens is 3. The van der Waals surface area contributed by atoms with Gasteiger partial charge in [-0.1, -0.05) is 15.9 Å². The Hall–Kier alpha value is -1.48. The van der Waals surface area contributed by atoms with E-state index in [4.69, 9.17) is 5.26 Å². The molecule has 90 valence electrons. The number of nitriles is 1. The van der Waals surface area contributed by atoms with Crippen LogP contribution in [0.15, 0.2) is 16.6 Å². The van der Waals surface area contributed by atoms with Crippen molar-refractivity contribution >= 4 is 21.9 Å². The molecule has 0 unspecified atom stereocenters. The molecule has 0 saturated carbocycles. The molecule has 0 N–H and O–H groups in total. The van der Waals surface area contributed by atoms with E-state index in [2.05, 4.69) is 20.7 Å². The van der Waals surface area contributed by atoms with E-state index >= 15 is 0 Å². The maximum absolute atomic E-state index is 12.5. The van der Waals surface area contributed by atoms with Gasteiger partial charge < -0.3 is 4.74 Å². The van der Waals surface area contributed by atoms with E-state index < -0.39 is 12.4 Å². The van der Waals surface area contributed by atoms with E-state index in [1.807, 2.05) is 0 Å². The summed E-state index contributed by atoms with van der Waals surface area (Å²) in [4.78, 5) is 11.1. The smallest absolute Gasteiger partial charge is 0.310 e. The zero-order chi connectivity index (χ0) is 13.0. The Morgan fingerprint density at radius 2 is 2.24 bits per heavy atom. The lowest BCUT2D eigenvalue weighted by atomic mass is 10.0. The van der Waals surface area contributed by atoms with E-state index in [0.717, 1.165) is 6.07 Å². The predicted molar refractivity (Wildman–Crippen MR) is 59.5 cm³/mol. The van der Waals surface area contributed by atoms with Gasteiger partial charge in [-0.05, 0) is 17.7 Å². The van der Waals surface area contributed by atoms with E-state index in [1.54, 1.807) is 6.07 Å². The van der Waals surface area contributed by atoms with Gasteiger partial charge in [0, 0.05) is 10.0 Å². The molecule has 0 radical (unpaired) electrons. The molecule has 1 aromatic rings. The zero-order valence-corrected chi connectivity index (χ0v) is 10.4. The van der Waals surface area contributed by atoms with Gasteiger partial charge >= 0.3 is 5.97 Å². The van der Waals surface area contributed by atoms with Crippen LogP contribution in [-0.2, 0) is 16.0 Å². The normalized spacial score (nSPS) is 10.1. The van der Waals surface area contributed by atoms with Crippen molar-refractivity contribution in [3.05, 3.63) is 33.3 Å². The first kappa shape index (κ1) is 13.6. The van der Waals surface area contributed by atoms with Crippen molar-refractivity contribution in [2.45, 2.75) is 12.8 Å². The second-order valence-electron chi connectivity index (χ2n) is 3.19. The number of rotatable bonds is 3. The molecule has 0 spiro atoms. The number of ether oxygens (including phenoxy) is 1. The molecule has 1 rings (SSSR count). The van der Waals surface area contributed by atoms with Crippen LogP contribution in [0, 0.1) is 11.3 Å². The lowest BCUT2D eigenvalue weighted by Gasteiger charge is -2.08. The van der Waals surface area contributed by atoms with Crippen molar-refractivity contribution in [1.82, 2.24) is 0 Å².